The fourth-order valence-corrected chi connectivity index (χ4v) is 3.46. The summed E-state index contributed by atoms with van der Waals surface area (Å²) in [6.07, 6.45) is 4.34. The van der Waals surface area contributed by atoms with Crippen LogP contribution in [0.25, 0.3) is 0 Å². The lowest BCUT2D eigenvalue weighted by molar-refractivity contribution is -0.136. The molecular weight excluding hydrogens is 284 g/mol. The molecule has 1 atom stereocenters. The van der Waals surface area contributed by atoms with E-state index in [1.165, 1.54) is 23.2 Å². The van der Waals surface area contributed by atoms with E-state index in [2.05, 4.69) is 55.7 Å². The van der Waals surface area contributed by atoms with Crippen LogP contribution in [0.2, 0.25) is 0 Å². The molecular formula is C20H32N2O. The zero-order valence-electron chi connectivity index (χ0n) is 15.3. The van der Waals surface area contributed by atoms with Gasteiger partial charge in [-0.25, -0.2) is 0 Å². The molecule has 128 valence electrons. The Morgan fingerprint density at radius 1 is 1.13 bits per heavy atom. The van der Waals surface area contributed by atoms with Crippen LogP contribution in [0, 0.1) is 19.8 Å². The third kappa shape index (κ3) is 4.27. The molecule has 0 radical (unpaired) electrons. The molecule has 0 aromatic heterocycles. The summed E-state index contributed by atoms with van der Waals surface area (Å²) in [6, 6.07) is 6.50. The van der Waals surface area contributed by atoms with Crippen LogP contribution in [-0.4, -0.2) is 37.0 Å². The van der Waals surface area contributed by atoms with E-state index < -0.39 is 0 Å². The highest BCUT2D eigenvalue weighted by atomic mass is 16.2. The first-order chi connectivity index (χ1) is 11.1. The van der Waals surface area contributed by atoms with Crippen molar-refractivity contribution in [3.8, 4) is 0 Å². The molecule has 2 rings (SSSR count). The summed E-state index contributed by atoms with van der Waals surface area (Å²) in [5, 5.41) is 0. The van der Waals surface area contributed by atoms with Crippen LogP contribution in [0.15, 0.2) is 18.2 Å². The fourth-order valence-electron chi connectivity index (χ4n) is 3.46. The van der Waals surface area contributed by atoms with Crippen molar-refractivity contribution in [3.63, 3.8) is 0 Å². The van der Waals surface area contributed by atoms with E-state index in [1.54, 1.807) is 0 Å². The Balaban J connectivity index is 1.95. The zero-order valence-corrected chi connectivity index (χ0v) is 15.3. The lowest BCUT2D eigenvalue weighted by Crippen LogP contribution is -2.50. The molecule has 1 amide bonds. The lowest BCUT2D eigenvalue weighted by Gasteiger charge is -2.38. The molecule has 3 nitrogen and oxygen atoms in total. The smallest absolute Gasteiger partial charge is 0.225 e. The molecule has 0 saturated carbocycles. The van der Waals surface area contributed by atoms with Gasteiger partial charge in [0.2, 0.25) is 5.91 Å². The Hall–Kier alpha value is -1.51. The Kier molecular flexibility index (Phi) is 6.49. The van der Waals surface area contributed by atoms with Crippen LogP contribution in [0.4, 0.5) is 5.69 Å². The second-order valence-corrected chi connectivity index (χ2v) is 6.78. The standard InChI is InChI=1S/C20H32N2O/c1-5-7-10-18(6-2)20(23)22-14-12-21(13-15-22)19-11-8-9-16(3)17(19)4/h8-9,11,18H,5-7,10,12-15H2,1-4H3. The first kappa shape index (κ1) is 17.8. The van der Waals surface area contributed by atoms with Crippen LogP contribution in [-0.2, 0) is 4.79 Å². The fraction of sp³-hybridized carbons (Fsp3) is 0.650. The predicted molar refractivity (Wildman–Crippen MR) is 98.0 cm³/mol. The van der Waals surface area contributed by atoms with Gasteiger partial charge in [0.15, 0.2) is 0 Å². The summed E-state index contributed by atoms with van der Waals surface area (Å²) in [5.74, 6) is 0.601. The summed E-state index contributed by atoms with van der Waals surface area (Å²) in [6.45, 7) is 12.3. The maximum atomic E-state index is 12.7. The molecule has 1 aromatic carbocycles. The van der Waals surface area contributed by atoms with Crippen LogP contribution < -0.4 is 4.90 Å². The maximum absolute atomic E-state index is 12.7. The summed E-state index contributed by atoms with van der Waals surface area (Å²) in [4.78, 5) is 17.2. The zero-order chi connectivity index (χ0) is 16.8. The van der Waals surface area contributed by atoms with Gasteiger partial charge in [-0.1, -0.05) is 38.8 Å². The van der Waals surface area contributed by atoms with Crippen LogP contribution in [0.3, 0.4) is 0 Å². The minimum absolute atomic E-state index is 0.224. The van der Waals surface area contributed by atoms with E-state index in [1.807, 2.05) is 0 Å². The quantitative estimate of drug-likeness (QED) is 0.786. The Morgan fingerprint density at radius 2 is 1.83 bits per heavy atom. The monoisotopic (exact) mass is 316 g/mol. The minimum Gasteiger partial charge on any atom is -0.368 e. The van der Waals surface area contributed by atoms with Gasteiger partial charge in [-0.15, -0.1) is 0 Å². The molecule has 0 aliphatic carbocycles. The van der Waals surface area contributed by atoms with E-state index in [0.29, 0.717) is 5.91 Å². The van der Waals surface area contributed by atoms with Gasteiger partial charge < -0.3 is 9.80 Å². The van der Waals surface area contributed by atoms with Gasteiger partial charge in [0.1, 0.15) is 0 Å². The van der Waals surface area contributed by atoms with Crippen LogP contribution in [0.1, 0.15) is 50.7 Å². The van der Waals surface area contributed by atoms with Gasteiger partial charge in [-0.2, -0.15) is 0 Å². The number of anilines is 1. The van der Waals surface area contributed by atoms with Crippen molar-refractivity contribution in [2.45, 2.75) is 53.4 Å². The number of hydrogen-bond acceptors (Lipinski definition) is 2. The molecule has 1 saturated heterocycles. The number of aryl methyl sites for hydroxylation is 1. The average molecular weight is 316 g/mol. The van der Waals surface area contributed by atoms with Crippen LogP contribution >= 0.6 is 0 Å². The predicted octanol–water partition coefficient (Wildman–Crippen LogP) is 4.17. The molecule has 3 heteroatoms. The van der Waals surface area contributed by atoms with Crippen molar-refractivity contribution < 1.29 is 4.79 Å². The van der Waals surface area contributed by atoms with Crippen molar-refractivity contribution in [1.29, 1.82) is 0 Å². The van der Waals surface area contributed by atoms with Crippen molar-refractivity contribution in [2.24, 2.45) is 5.92 Å². The molecule has 1 unspecified atom stereocenters. The topological polar surface area (TPSA) is 23.6 Å². The van der Waals surface area contributed by atoms with E-state index in [9.17, 15) is 4.79 Å². The second-order valence-electron chi connectivity index (χ2n) is 6.78. The highest BCUT2D eigenvalue weighted by Gasteiger charge is 2.26. The summed E-state index contributed by atoms with van der Waals surface area (Å²) in [7, 11) is 0. The number of nitrogens with zero attached hydrogens (tertiary/aromatic N) is 2. The highest BCUT2D eigenvalue weighted by Crippen LogP contribution is 2.25. The van der Waals surface area contributed by atoms with Gasteiger partial charge in [0.25, 0.3) is 0 Å². The molecule has 1 fully saturated rings. The number of carbonyl (C=O) groups is 1. The number of benzene rings is 1. The molecule has 0 bridgehead atoms. The van der Waals surface area contributed by atoms with Gasteiger partial charge in [0, 0.05) is 37.8 Å². The van der Waals surface area contributed by atoms with E-state index in [0.717, 1.165) is 45.4 Å². The van der Waals surface area contributed by atoms with Gasteiger partial charge >= 0.3 is 0 Å². The normalized spacial score (nSPS) is 16.5. The molecule has 1 aliphatic heterocycles. The Bertz CT molecular complexity index is 518. The number of rotatable bonds is 6. The van der Waals surface area contributed by atoms with Gasteiger partial charge in [-0.05, 0) is 43.9 Å². The van der Waals surface area contributed by atoms with E-state index in [4.69, 9.17) is 0 Å². The number of amides is 1. The minimum atomic E-state index is 0.224. The molecule has 23 heavy (non-hydrogen) atoms. The largest absolute Gasteiger partial charge is 0.368 e. The molecule has 1 aromatic rings. The van der Waals surface area contributed by atoms with E-state index >= 15 is 0 Å². The van der Waals surface area contributed by atoms with Crippen molar-refractivity contribution in [2.75, 3.05) is 31.1 Å². The lowest BCUT2D eigenvalue weighted by atomic mass is 9.97. The third-order valence-electron chi connectivity index (χ3n) is 5.26. The summed E-state index contributed by atoms with van der Waals surface area (Å²) in [5.41, 5.74) is 4.03. The maximum Gasteiger partial charge on any atom is 0.225 e. The molecule has 1 heterocycles. The summed E-state index contributed by atoms with van der Waals surface area (Å²) < 4.78 is 0. The molecule has 0 spiro atoms. The van der Waals surface area contributed by atoms with Crippen molar-refractivity contribution >= 4 is 11.6 Å². The van der Waals surface area contributed by atoms with Gasteiger partial charge in [0.05, 0.1) is 0 Å². The molecule has 1 aliphatic rings. The average Bonchev–Trinajstić information content (AvgIpc) is 2.58. The van der Waals surface area contributed by atoms with Gasteiger partial charge in [-0.3, -0.25) is 4.79 Å². The summed E-state index contributed by atoms with van der Waals surface area (Å²) >= 11 is 0. The Morgan fingerprint density at radius 3 is 2.43 bits per heavy atom. The Labute approximate surface area is 141 Å². The third-order valence-corrected chi connectivity index (χ3v) is 5.26. The highest BCUT2D eigenvalue weighted by molar-refractivity contribution is 5.79. The number of piperazine rings is 1. The number of carbonyl (C=O) groups excluding carboxylic acids is 1. The first-order valence-electron chi connectivity index (χ1n) is 9.18. The number of hydrogen-bond donors (Lipinski definition) is 0. The second kappa shape index (κ2) is 8.37. The van der Waals surface area contributed by atoms with Crippen molar-refractivity contribution in [1.82, 2.24) is 4.90 Å². The molecule has 0 N–H and O–H groups in total. The van der Waals surface area contributed by atoms with E-state index in [-0.39, 0.29) is 5.92 Å². The first-order valence-corrected chi connectivity index (χ1v) is 9.18. The van der Waals surface area contributed by atoms with Crippen molar-refractivity contribution in [3.05, 3.63) is 29.3 Å². The van der Waals surface area contributed by atoms with Crippen LogP contribution in [0.5, 0.6) is 0 Å². The SMILES string of the molecule is CCCCC(CC)C(=O)N1CCN(c2cccc(C)c2C)CC1. The number of unbranched alkanes of at least 4 members (excludes halogenated alkanes) is 1.